The average molecular weight is 338 g/mol. The highest BCUT2D eigenvalue weighted by Crippen LogP contribution is 2.32. The van der Waals surface area contributed by atoms with Crippen molar-refractivity contribution >= 4 is 16.9 Å². The summed E-state index contributed by atoms with van der Waals surface area (Å²) in [7, 11) is 0. The van der Waals surface area contributed by atoms with E-state index in [0.29, 0.717) is 16.5 Å². The van der Waals surface area contributed by atoms with Gasteiger partial charge in [-0.3, -0.25) is 4.79 Å². The SMILES string of the molecule is Cc1cc2oc(-c3ccccc3)c(OC(C)C(=O)O)c(=O)c2cc1C. The number of ether oxygens (including phenoxy) is 1. The second-order valence-electron chi connectivity index (χ2n) is 5.99. The summed E-state index contributed by atoms with van der Waals surface area (Å²) in [6.07, 6.45) is -1.17. The third kappa shape index (κ3) is 3.13. The molecule has 0 saturated carbocycles. The van der Waals surface area contributed by atoms with Gasteiger partial charge in [0.2, 0.25) is 11.2 Å². The molecule has 0 aliphatic heterocycles. The molecule has 0 fully saturated rings. The third-order valence-electron chi connectivity index (χ3n) is 4.14. The van der Waals surface area contributed by atoms with Crippen LogP contribution in [0.3, 0.4) is 0 Å². The number of fused-ring (bicyclic) bond motifs is 1. The highest BCUT2D eigenvalue weighted by atomic mass is 16.5. The summed E-state index contributed by atoms with van der Waals surface area (Å²) >= 11 is 0. The van der Waals surface area contributed by atoms with Crippen molar-refractivity contribution in [3.05, 3.63) is 63.8 Å². The fourth-order valence-corrected chi connectivity index (χ4v) is 2.55. The normalized spacial score (nSPS) is 12.1. The molecule has 0 aliphatic carbocycles. The maximum Gasteiger partial charge on any atom is 0.344 e. The smallest absolute Gasteiger partial charge is 0.344 e. The van der Waals surface area contributed by atoms with Crippen LogP contribution in [-0.2, 0) is 4.79 Å². The van der Waals surface area contributed by atoms with Gasteiger partial charge in [0.1, 0.15) is 5.58 Å². The molecule has 5 nitrogen and oxygen atoms in total. The van der Waals surface area contributed by atoms with E-state index in [4.69, 9.17) is 14.3 Å². The van der Waals surface area contributed by atoms with Crippen LogP contribution in [0.4, 0.5) is 0 Å². The Morgan fingerprint density at radius 2 is 1.76 bits per heavy atom. The minimum atomic E-state index is -1.17. The van der Waals surface area contributed by atoms with Crippen molar-refractivity contribution in [2.24, 2.45) is 0 Å². The lowest BCUT2D eigenvalue weighted by molar-refractivity contribution is -0.144. The Bertz CT molecular complexity index is 1000. The van der Waals surface area contributed by atoms with Crippen molar-refractivity contribution in [3.63, 3.8) is 0 Å². The number of carbonyl (C=O) groups is 1. The summed E-state index contributed by atoms with van der Waals surface area (Å²) < 4.78 is 11.4. The van der Waals surface area contributed by atoms with Crippen LogP contribution in [0.25, 0.3) is 22.3 Å². The molecular formula is C20H18O5. The quantitative estimate of drug-likeness (QED) is 0.780. The van der Waals surface area contributed by atoms with Gasteiger partial charge in [0, 0.05) is 5.56 Å². The van der Waals surface area contributed by atoms with E-state index < -0.39 is 12.1 Å². The summed E-state index contributed by atoms with van der Waals surface area (Å²) in [5.74, 6) is -1.01. The molecule has 0 aliphatic rings. The van der Waals surface area contributed by atoms with Crippen LogP contribution in [0.15, 0.2) is 51.7 Å². The van der Waals surface area contributed by atoms with Crippen LogP contribution in [0, 0.1) is 13.8 Å². The Labute approximate surface area is 144 Å². The summed E-state index contributed by atoms with van der Waals surface area (Å²) in [5, 5.41) is 9.50. The molecule has 3 aromatic rings. The summed E-state index contributed by atoms with van der Waals surface area (Å²) in [5.41, 5.74) is 2.66. The van der Waals surface area contributed by atoms with Gasteiger partial charge >= 0.3 is 5.97 Å². The van der Waals surface area contributed by atoms with Gasteiger partial charge in [-0.2, -0.15) is 0 Å². The largest absolute Gasteiger partial charge is 0.479 e. The second kappa shape index (κ2) is 6.43. The molecule has 1 aromatic heterocycles. The van der Waals surface area contributed by atoms with Crippen molar-refractivity contribution in [2.75, 3.05) is 0 Å². The zero-order chi connectivity index (χ0) is 18.1. The monoisotopic (exact) mass is 338 g/mol. The van der Waals surface area contributed by atoms with Gasteiger partial charge in [-0.15, -0.1) is 0 Å². The fraction of sp³-hybridized carbons (Fsp3) is 0.200. The number of hydrogen-bond donors (Lipinski definition) is 1. The van der Waals surface area contributed by atoms with Gasteiger partial charge in [0.05, 0.1) is 5.39 Å². The summed E-state index contributed by atoms with van der Waals surface area (Å²) in [6, 6.07) is 12.6. The van der Waals surface area contributed by atoms with E-state index >= 15 is 0 Å². The van der Waals surface area contributed by atoms with E-state index in [9.17, 15) is 9.59 Å². The number of aryl methyl sites for hydroxylation is 2. The lowest BCUT2D eigenvalue weighted by atomic mass is 10.0. The first-order valence-electron chi connectivity index (χ1n) is 7.91. The van der Waals surface area contributed by atoms with Crippen LogP contribution in [0.5, 0.6) is 5.75 Å². The molecule has 25 heavy (non-hydrogen) atoms. The van der Waals surface area contributed by atoms with E-state index in [-0.39, 0.29) is 16.9 Å². The van der Waals surface area contributed by atoms with E-state index in [0.717, 1.165) is 11.1 Å². The Balaban J connectivity index is 2.32. The first-order chi connectivity index (χ1) is 11.9. The lowest BCUT2D eigenvalue weighted by Gasteiger charge is -2.14. The second-order valence-corrected chi connectivity index (χ2v) is 5.99. The molecule has 5 heteroatoms. The van der Waals surface area contributed by atoms with Crippen molar-refractivity contribution < 1.29 is 19.1 Å². The zero-order valence-corrected chi connectivity index (χ0v) is 14.2. The molecule has 1 unspecified atom stereocenters. The highest BCUT2D eigenvalue weighted by Gasteiger charge is 2.22. The van der Waals surface area contributed by atoms with E-state index in [1.54, 1.807) is 18.2 Å². The molecule has 1 N–H and O–H groups in total. The molecule has 0 saturated heterocycles. The van der Waals surface area contributed by atoms with Crippen molar-refractivity contribution in [1.29, 1.82) is 0 Å². The summed E-state index contributed by atoms with van der Waals surface area (Å²) in [6.45, 7) is 5.22. The lowest BCUT2D eigenvalue weighted by Crippen LogP contribution is -2.26. The summed E-state index contributed by atoms with van der Waals surface area (Å²) in [4.78, 5) is 24.1. The third-order valence-corrected chi connectivity index (χ3v) is 4.14. The van der Waals surface area contributed by atoms with Gasteiger partial charge in [-0.25, -0.2) is 4.79 Å². The van der Waals surface area contributed by atoms with Gasteiger partial charge < -0.3 is 14.3 Å². The highest BCUT2D eigenvalue weighted by molar-refractivity contribution is 5.83. The van der Waals surface area contributed by atoms with Crippen molar-refractivity contribution in [3.8, 4) is 17.1 Å². The van der Waals surface area contributed by atoms with Crippen molar-refractivity contribution in [2.45, 2.75) is 26.9 Å². The van der Waals surface area contributed by atoms with E-state index in [2.05, 4.69) is 0 Å². The molecule has 1 atom stereocenters. The number of benzene rings is 2. The standard InChI is InChI=1S/C20H18O5/c1-11-9-15-16(10-12(11)2)25-18(14-7-5-4-6-8-14)19(17(15)21)24-13(3)20(22)23/h4-10,13H,1-3H3,(H,22,23). The Morgan fingerprint density at radius 3 is 2.40 bits per heavy atom. The maximum absolute atomic E-state index is 13.0. The minimum Gasteiger partial charge on any atom is -0.479 e. The topological polar surface area (TPSA) is 76.7 Å². The minimum absolute atomic E-state index is 0.0862. The molecular weight excluding hydrogens is 320 g/mol. The predicted octanol–water partition coefficient (Wildman–Crippen LogP) is 3.93. The fourth-order valence-electron chi connectivity index (χ4n) is 2.55. The number of hydrogen-bond acceptors (Lipinski definition) is 4. The van der Waals surface area contributed by atoms with Gasteiger partial charge in [-0.1, -0.05) is 30.3 Å². The number of aliphatic carboxylic acids is 1. The molecule has 2 aromatic carbocycles. The zero-order valence-electron chi connectivity index (χ0n) is 14.2. The van der Waals surface area contributed by atoms with E-state index in [1.165, 1.54) is 6.92 Å². The molecule has 0 radical (unpaired) electrons. The molecule has 1 heterocycles. The van der Waals surface area contributed by atoms with Crippen LogP contribution in [-0.4, -0.2) is 17.2 Å². The molecule has 0 amide bonds. The first-order valence-corrected chi connectivity index (χ1v) is 7.91. The molecule has 128 valence electrons. The Kier molecular flexibility index (Phi) is 4.31. The van der Waals surface area contributed by atoms with Crippen LogP contribution in [0.2, 0.25) is 0 Å². The predicted molar refractivity (Wildman–Crippen MR) is 95.1 cm³/mol. The Hall–Kier alpha value is -3.08. The molecule has 3 rings (SSSR count). The number of carboxylic acids is 1. The maximum atomic E-state index is 13.0. The van der Waals surface area contributed by atoms with Crippen LogP contribution >= 0.6 is 0 Å². The molecule has 0 bridgehead atoms. The van der Waals surface area contributed by atoms with Crippen molar-refractivity contribution in [1.82, 2.24) is 0 Å². The van der Waals surface area contributed by atoms with Crippen LogP contribution < -0.4 is 10.2 Å². The van der Waals surface area contributed by atoms with Crippen LogP contribution in [0.1, 0.15) is 18.1 Å². The van der Waals surface area contributed by atoms with E-state index in [1.807, 2.05) is 38.1 Å². The van der Waals surface area contributed by atoms with Gasteiger partial charge in [0.15, 0.2) is 11.9 Å². The first kappa shape index (κ1) is 16.8. The van der Waals surface area contributed by atoms with Gasteiger partial charge in [-0.05, 0) is 44.0 Å². The Morgan fingerprint density at radius 1 is 1.12 bits per heavy atom. The number of carboxylic acid groups (broad SMARTS) is 1. The number of rotatable bonds is 4. The van der Waals surface area contributed by atoms with Gasteiger partial charge in [0.25, 0.3) is 0 Å². The average Bonchev–Trinajstić information content (AvgIpc) is 2.59. The molecule has 0 spiro atoms.